The van der Waals surface area contributed by atoms with Gasteiger partial charge in [0, 0.05) is 69.2 Å². The van der Waals surface area contributed by atoms with E-state index < -0.39 is 10.0 Å². The van der Waals surface area contributed by atoms with Gasteiger partial charge in [0.15, 0.2) is 5.82 Å². The molecule has 0 saturated heterocycles. The third-order valence-corrected chi connectivity index (χ3v) is 18.1. The minimum atomic E-state index is -1.92. The van der Waals surface area contributed by atoms with Gasteiger partial charge in [-0.2, -0.15) is 5.26 Å². The maximum Gasteiger partial charge on any atom is 0.163 e. The molecule has 14 aromatic rings. The van der Waals surface area contributed by atoms with E-state index in [9.17, 15) is 5.26 Å². The molecule has 10 aromatic carbocycles. The summed E-state index contributed by atoms with van der Waals surface area (Å²) in [7, 11) is -1.92. The van der Waals surface area contributed by atoms with E-state index in [2.05, 4.69) is 262 Å². The first kappa shape index (κ1) is 41.5. The molecule has 14 rings (SSSR count). The van der Waals surface area contributed by atoms with Crippen LogP contribution in [0.1, 0.15) is 5.56 Å². The molecule has 0 N–H and O–H groups in total. The second kappa shape index (κ2) is 16.6. The number of nitrogens with zero attached hydrogens (tertiary/aromatic N) is 6. The zero-order valence-corrected chi connectivity index (χ0v) is 39.7. The van der Waals surface area contributed by atoms with Crippen molar-refractivity contribution in [3.05, 3.63) is 260 Å². The second-order valence-corrected chi connectivity index (χ2v) is 21.2. The van der Waals surface area contributed by atoms with Gasteiger partial charge in [0.25, 0.3) is 0 Å². The fourth-order valence-corrected chi connectivity index (χ4v) is 15.0. The van der Waals surface area contributed by atoms with Gasteiger partial charge in [0.1, 0.15) is 11.6 Å². The Bertz CT molecular complexity index is 4300. The third kappa shape index (κ3) is 6.30. The molecule has 7 heteroatoms. The first-order chi connectivity index (χ1) is 35.7. The Hall–Kier alpha value is -9.48. The summed E-state index contributed by atoms with van der Waals surface area (Å²) in [5.74, 6) is 2.02. The first-order valence-corrected chi connectivity index (χ1v) is 25.7. The SMILES string of the molecule is N#Cc1ccc2c3ccccc3n(-c3cc(-n4c5ccccc5c5cc(-n6c7ccccc7c7ccccc76)ccc54)nc(-c4ccc(S(c5ccccc5)(c5ccccc5)c5ccccc5)cc4)n3)c2c1. The molecule has 0 unspecified atom stereocenters. The van der Waals surface area contributed by atoms with E-state index in [1.54, 1.807) is 0 Å². The molecule has 6 nitrogen and oxygen atoms in total. The standard InChI is InChI=1S/C65H42N6S/c66-43-44-32-38-55-53-26-12-16-30-59(53)71(62(55)40-44)64-42-63(70-60-31-17-13-27-54(60)56-41-46(35-39-61(56)70)69-57-28-14-10-24-51(57)52-25-11-15-29-58(52)69)67-65(68-64)45-33-36-50(37-34-45)72(47-18-4-1-5-19-47,48-20-6-2-7-21-48)49-22-8-3-9-23-49/h1-42H. The van der Waals surface area contributed by atoms with Crippen LogP contribution in [0.3, 0.4) is 0 Å². The Morgan fingerprint density at radius 3 is 1.22 bits per heavy atom. The van der Waals surface area contributed by atoms with Crippen LogP contribution >= 0.6 is 10.0 Å². The molecule has 0 radical (unpaired) electrons. The highest BCUT2D eigenvalue weighted by molar-refractivity contribution is 8.34. The summed E-state index contributed by atoms with van der Waals surface area (Å²) in [4.78, 5) is 16.0. The van der Waals surface area contributed by atoms with Crippen molar-refractivity contribution in [2.75, 3.05) is 0 Å². The van der Waals surface area contributed by atoms with E-state index in [1.807, 2.05) is 12.1 Å². The van der Waals surface area contributed by atoms with Gasteiger partial charge in [-0.05, 0) is 103 Å². The summed E-state index contributed by atoms with van der Waals surface area (Å²) >= 11 is 0. The molecule has 338 valence electrons. The van der Waals surface area contributed by atoms with Crippen LogP contribution in [0.15, 0.2) is 274 Å². The van der Waals surface area contributed by atoms with Crippen molar-refractivity contribution in [2.24, 2.45) is 0 Å². The molecule has 0 bridgehead atoms. The Morgan fingerprint density at radius 1 is 0.319 bits per heavy atom. The van der Waals surface area contributed by atoms with Crippen LogP contribution in [-0.4, -0.2) is 23.7 Å². The van der Waals surface area contributed by atoms with E-state index in [-0.39, 0.29) is 0 Å². The van der Waals surface area contributed by atoms with E-state index >= 15 is 0 Å². The molecule has 0 fully saturated rings. The third-order valence-electron chi connectivity index (χ3n) is 14.2. The van der Waals surface area contributed by atoms with Crippen molar-refractivity contribution in [1.82, 2.24) is 23.7 Å². The molecule has 72 heavy (non-hydrogen) atoms. The van der Waals surface area contributed by atoms with Gasteiger partial charge in [-0.3, -0.25) is 9.13 Å². The molecule has 0 atom stereocenters. The van der Waals surface area contributed by atoms with Crippen molar-refractivity contribution in [1.29, 1.82) is 5.26 Å². The summed E-state index contributed by atoms with van der Waals surface area (Å²) in [5.41, 5.74) is 8.85. The summed E-state index contributed by atoms with van der Waals surface area (Å²) < 4.78 is 6.86. The maximum absolute atomic E-state index is 10.2. The summed E-state index contributed by atoms with van der Waals surface area (Å²) in [6, 6.07) is 93.2. The number of aromatic nitrogens is 5. The number of para-hydroxylation sites is 4. The van der Waals surface area contributed by atoms with Crippen LogP contribution in [0.25, 0.3) is 94.1 Å². The van der Waals surface area contributed by atoms with Gasteiger partial charge in [-0.1, -0.05) is 146 Å². The molecule has 4 aromatic heterocycles. The largest absolute Gasteiger partial charge is 0.309 e. The van der Waals surface area contributed by atoms with Crippen LogP contribution < -0.4 is 0 Å². The molecule has 0 aliphatic heterocycles. The number of hydrogen-bond donors (Lipinski definition) is 0. The predicted molar refractivity (Wildman–Crippen MR) is 295 cm³/mol. The highest BCUT2D eigenvalue weighted by Gasteiger charge is 2.33. The van der Waals surface area contributed by atoms with Gasteiger partial charge in [-0.15, -0.1) is 10.0 Å². The fraction of sp³-hybridized carbons (Fsp3) is 0. The van der Waals surface area contributed by atoms with Crippen molar-refractivity contribution in [2.45, 2.75) is 19.6 Å². The van der Waals surface area contributed by atoms with Crippen molar-refractivity contribution in [3.63, 3.8) is 0 Å². The Kier molecular flexibility index (Phi) is 9.56. The average Bonchev–Trinajstić information content (AvgIpc) is 4.09. The average molecular weight is 939 g/mol. The van der Waals surface area contributed by atoms with Crippen LogP contribution in [-0.2, 0) is 0 Å². The lowest BCUT2D eigenvalue weighted by molar-refractivity contribution is 0.993. The number of fused-ring (bicyclic) bond motifs is 9. The normalized spacial score (nSPS) is 12.1. The monoisotopic (exact) mass is 938 g/mol. The molecule has 0 spiro atoms. The van der Waals surface area contributed by atoms with E-state index in [0.717, 1.165) is 60.7 Å². The van der Waals surface area contributed by atoms with Crippen LogP contribution in [0.4, 0.5) is 0 Å². The van der Waals surface area contributed by atoms with Gasteiger partial charge in [-0.25, -0.2) is 9.97 Å². The summed E-state index contributed by atoms with van der Waals surface area (Å²) in [5, 5.41) is 17.0. The lowest BCUT2D eigenvalue weighted by atomic mass is 10.1. The number of rotatable bonds is 8. The molecular weight excluding hydrogens is 897 g/mol. The predicted octanol–water partition coefficient (Wildman–Crippen LogP) is 16.6. The van der Waals surface area contributed by atoms with Crippen LogP contribution in [0, 0.1) is 11.3 Å². The van der Waals surface area contributed by atoms with Gasteiger partial charge < -0.3 is 4.57 Å². The van der Waals surface area contributed by atoms with Crippen molar-refractivity contribution < 1.29 is 0 Å². The molecule has 0 aliphatic carbocycles. The lowest BCUT2D eigenvalue weighted by Gasteiger charge is -2.42. The summed E-state index contributed by atoms with van der Waals surface area (Å²) in [6.07, 6.45) is 0. The molecule has 4 heterocycles. The molecular formula is C65H42N6S. The summed E-state index contributed by atoms with van der Waals surface area (Å²) in [6.45, 7) is 0. The zero-order chi connectivity index (χ0) is 47.8. The Balaban J connectivity index is 1.02. The minimum Gasteiger partial charge on any atom is -0.309 e. The highest BCUT2D eigenvalue weighted by Crippen LogP contribution is 2.73. The molecule has 0 aliphatic rings. The van der Waals surface area contributed by atoms with E-state index in [0.29, 0.717) is 17.2 Å². The first-order valence-electron chi connectivity index (χ1n) is 24.1. The Morgan fingerprint density at radius 2 is 0.722 bits per heavy atom. The number of benzene rings is 10. The topological polar surface area (TPSA) is 64.4 Å². The van der Waals surface area contributed by atoms with Gasteiger partial charge >= 0.3 is 0 Å². The van der Waals surface area contributed by atoms with E-state index in [1.165, 1.54) is 41.4 Å². The molecule has 0 saturated carbocycles. The second-order valence-electron chi connectivity index (χ2n) is 18.1. The highest BCUT2D eigenvalue weighted by atomic mass is 32.3. The fourth-order valence-electron chi connectivity index (χ4n) is 11.1. The minimum absolute atomic E-state index is 0.583. The van der Waals surface area contributed by atoms with Crippen molar-refractivity contribution >= 4 is 75.4 Å². The zero-order valence-electron chi connectivity index (χ0n) is 38.8. The van der Waals surface area contributed by atoms with Gasteiger partial charge in [0.2, 0.25) is 0 Å². The lowest BCUT2D eigenvalue weighted by Crippen LogP contribution is -2.07. The number of nitriles is 1. The van der Waals surface area contributed by atoms with Gasteiger partial charge in [0.05, 0.1) is 44.7 Å². The Labute approximate surface area is 416 Å². The van der Waals surface area contributed by atoms with Crippen LogP contribution in [0.5, 0.6) is 0 Å². The smallest absolute Gasteiger partial charge is 0.163 e. The number of hydrogen-bond acceptors (Lipinski definition) is 3. The maximum atomic E-state index is 10.2. The molecule has 0 amide bonds. The van der Waals surface area contributed by atoms with E-state index in [4.69, 9.17) is 9.97 Å². The van der Waals surface area contributed by atoms with Crippen molar-refractivity contribution in [3.8, 4) is 34.8 Å². The van der Waals surface area contributed by atoms with Crippen LogP contribution in [0.2, 0.25) is 0 Å². The quantitative estimate of drug-likeness (QED) is 0.152.